The minimum atomic E-state index is -0.132. The first-order chi connectivity index (χ1) is 9.97. The molecule has 2 rings (SSSR count). The van der Waals surface area contributed by atoms with E-state index in [1.54, 1.807) is 6.07 Å². The van der Waals surface area contributed by atoms with Gasteiger partial charge in [-0.2, -0.15) is 0 Å². The maximum Gasteiger partial charge on any atom is 0.221 e. The van der Waals surface area contributed by atoms with Gasteiger partial charge in [-0.05, 0) is 30.9 Å². The van der Waals surface area contributed by atoms with Crippen LogP contribution in [0.5, 0.6) is 0 Å². The number of rotatable bonds is 4. The van der Waals surface area contributed by atoms with E-state index in [1.165, 1.54) is 18.7 Å². The molecule has 1 aromatic heterocycles. The van der Waals surface area contributed by atoms with E-state index in [9.17, 15) is 4.79 Å². The highest BCUT2D eigenvalue weighted by molar-refractivity contribution is 7.98. The second-order valence-corrected chi connectivity index (χ2v) is 5.58. The number of aromatic nitrogens is 2. The molecule has 0 aliphatic heterocycles. The van der Waals surface area contributed by atoms with E-state index in [-0.39, 0.29) is 5.91 Å². The Morgan fingerprint density at radius 2 is 2.00 bits per heavy atom. The molecule has 0 saturated heterocycles. The summed E-state index contributed by atoms with van der Waals surface area (Å²) in [5, 5.41) is 6.90. The highest BCUT2D eigenvalue weighted by Crippen LogP contribution is 2.27. The lowest BCUT2D eigenvalue weighted by Crippen LogP contribution is -2.08. The van der Waals surface area contributed by atoms with Crippen LogP contribution in [0.1, 0.15) is 12.5 Å². The lowest BCUT2D eigenvalue weighted by atomic mass is 10.2. The fraction of sp³-hybridized carbons (Fsp3) is 0.214. The van der Waals surface area contributed by atoms with Gasteiger partial charge in [0.1, 0.15) is 11.0 Å². The predicted molar refractivity (Wildman–Crippen MR) is 87.6 cm³/mol. The molecule has 1 aromatic carbocycles. The zero-order valence-corrected chi connectivity index (χ0v) is 13.5. The van der Waals surface area contributed by atoms with Crippen molar-refractivity contribution in [3.05, 3.63) is 35.0 Å². The summed E-state index contributed by atoms with van der Waals surface area (Å²) >= 11 is 7.39. The minimum absolute atomic E-state index is 0.132. The number of hydrogen-bond acceptors (Lipinski definition) is 5. The Morgan fingerprint density at radius 1 is 1.24 bits per heavy atom. The molecule has 2 aromatic rings. The van der Waals surface area contributed by atoms with Gasteiger partial charge in [0.15, 0.2) is 5.16 Å². The summed E-state index contributed by atoms with van der Waals surface area (Å²) in [5.74, 6) is 0.448. The van der Waals surface area contributed by atoms with Crippen molar-refractivity contribution in [3.8, 4) is 0 Å². The zero-order chi connectivity index (χ0) is 15.4. The van der Waals surface area contributed by atoms with E-state index < -0.39 is 0 Å². The Morgan fingerprint density at radius 3 is 2.67 bits per heavy atom. The third kappa shape index (κ3) is 4.34. The number of nitrogens with zero attached hydrogens (tertiary/aromatic N) is 2. The highest BCUT2D eigenvalue weighted by Gasteiger charge is 2.08. The monoisotopic (exact) mass is 322 g/mol. The lowest BCUT2D eigenvalue weighted by molar-refractivity contribution is -0.114. The summed E-state index contributed by atoms with van der Waals surface area (Å²) in [6.45, 7) is 3.44. The molecule has 0 saturated carbocycles. The first-order valence-electron chi connectivity index (χ1n) is 6.22. The van der Waals surface area contributed by atoms with Crippen molar-refractivity contribution in [1.82, 2.24) is 9.97 Å². The summed E-state index contributed by atoms with van der Waals surface area (Å²) in [6, 6.07) is 7.34. The van der Waals surface area contributed by atoms with Gasteiger partial charge in [0.05, 0.1) is 11.4 Å². The third-order valence-corrected chi connectivity index (χ3v) is 3.35. The number of carbonyl (C=O) groups excluding carboxylic acids is 1. The van der Waals surface area contributed by atoms with Crippen LogP contribution in [0.3, 0.4) is 0 Å². The number of amides is 1. The quantitative estimate of drug-likeness (QED) is 0.508. The van der Waals surface area contributed by atoms with Crippen LogP contribution < -0.4 is 10.6 Å². The number of halogens is 1. The smallest absolute Gasteiger partial charge is 0.221 e. The Labute approximate surface area is 132 Å². The van der Waals surface area contributed by atoms with Crippen LogP contribution in [-0.2, 0) is 4.79 Å². The van der Waals surface area contributed by atoms with E-state index in [1.807, 2.05) is 31.4 Å². The fourth-order valence-electron chi connectivity index (χ4n) is 1.75. The summed E-state index contributed by atoms with van der Waals surface area (Å²) in [7, 11) is 0. The number of carbonyl (C=O) groups is 1. The van der Waals surface area contributed by atoms with Crippen molar-refractivity contribution in [2.75, 3.05) is 16.9 Å². The van der Waals surface area contributed by atoms with Crippen LogP contribution in [0.15, 0.2) is 29.4 Å². The predicted octanol–water partition coefficient (Wildman–Crippen LogP) is 3.86. The van der Waals surface area contributed by atoms with E-state index in [2.05, 4.69) is 20.6 Å². The number of benzene rings is 1. The van der Waals surface area contributed by atoms with E-state index in [4.69, 9.17) is 11.6 Å². The number of hydrogen-bond donors (Lipinski definition) is 2. The zero-order valence-electron chi connectivity index (χ0n) is 11.9. The number of nitrogens with one attached hydrogen (secondary N) is 2. The number of thioether (sulfide) groups is 1. The molecule has 7 heteroatoms. The normalized spacial score (nSPS) is 10.3. The Hall–Kier alpha value is -1.79. The summed E-state index contributed by atoms with van der Waals surface area (Å²) < 4.78 is 0. The van der Waals surface area contributed by atoms with Crippen molar-refractivity contribution < 1.29 is 4.79 Å². The molecule has 0 radical (unpaired) electrons. The van der Waals surface area contributed by atoms with Crippen LogP contribution in [0.25, 0.3) is 0 Å². The molecule has 0 aliphatic carbocycles. The van der Waals surface area contributed by atoms with Gasteiger partial charge in [-0.3, -0.25) is 4.79 Å². The molecule has 0 atom stereocenters. The van der Waals surface area contributed by atoms with Gasteiger partial charge in [0.2, 0.25) is 5.91 Å². The summed E-state index contributed by atoms with van der Waals surface area (Å²) in [4.78, 5) is 19.7. The molecular weight excluding hydrogens is 308 g/mol. The van der Waals surface area contributed by atoms with Gasteiger partial charge in [0.25, 0.3) is 0 Å². The van der Waals surface area contributed by atoms with Gasteiger partial charge >= 0.3 is 0 Å². The average Bonchev–Trinajstić information content (AvgIpc) is 2.40. The van der Waals surface area contributed by atoms with Crippen LogP contribution in [0, 0.1) is 6.92 Å². The first-order valence-corrected chi connectivity index (χ1v) is 7.82. The van der Waals surface area contributed by atoms with E-state index in [0.29, 0.717) is 21.8 Å². The highest BCUT2D eigenvalue weighted by atomic mass is 35.5. The van der Waals surface area contributed by atoms with Crippen LogP contribution in [0.4, 0.5) is 17.2 Å². The molecule has 0 spiro atoms. The molecule has 0 unspecified atom stereocenters. The average molecular weight is 323 g/mol. The Balaban J connectivity index is 2.36. The van der Waals surface area contributed by atoms with Gasteiger partial charge in [-0.25, -0.2) is 9.97 Å². The van der Waals surface area contributed by atoms with Gasteiger partial charge in [0, 0.05) is 13.0 Å². The Bertz CT molecular complexity index is 678. The summed E-state index contributed by atoms with van der Waals surface area (Å²) in [5.41, 5.74) is 2.51. The minimum Gasteiger partial charge on any atom is -0.338 e. The second kappa shape index (κ2) is 6.78. The van der Waals surface area contributed by atoms with Crippen LogP contribution >= 0.6 is 23.4 Å². The standard InChI is InChI=1S/C14H15ClN4OS/c1-8-4-5-10(16-9(2)20)11(6-8)17-13-7-12(15)18-14(19-13)21-3/h4-7H,1-3H3,(H,16,20)(H,17,18,19). The van der Waals surface area contributed by atoms with Gasteiger partial charge in [-0.15, -0.1) is 0 Å². The molecule has 5 nitrogen and oxygen atoms in total. The van der Waals surface area contributed by atoms with Crippen LogP contribution in [0.2, 0.25) is 5.15 Å². The molecule has 1 heterocycles. The molecule has 1 amide bonds. The largest absolute Gasteiger partial charge is 0.338 e. The van der Waals surface area contributed by atoms with Crippen molar-refractivity contribution >= 4 is 46.5 Å². The first kappa shape index (κ1) is 15.6. The van der Waals surface area contributed by atoms with Gasteiger partial charge < -0.3 is 10.6 Å². The molecular formula is C14H15ClN4OS. The number of aryl methyl sites for hydroxylation is 1. The molecule has 2 N–H and O–H groups in total. The summed E-state index contributed by atoms with van der Waals surface area (Å²) in [6.07, 6.45) is 1.88. The molecule has 0 bridgehead atoms. The van der Waals surface area contributed by atoms with Gasteiger partial charge in [-0.1, -0.05) is 29.4 Å². The van der Waals surface area contributed by atoms with E-state index >= 15 is 0 Å². The SMILES string of the molecule is CSc1nc(Cl)cc(Nc2cc(C)ccc2NC(C)=O)n1. The Kier molecular flexibility index (Phi) is 5.03. The maximum absolute atomic E-state index is 11.3. The molecule has 110 valence electrons. The number of anilines is 3. The third-order valence-electron chi connectivity index (χ3n) is 2.61. The molecule has 21 heavy (non-hydrogen) atoms. The molecule has 0 fully saturated rings. The second-order valence-electron chi connectivity index (χ2n) is 4.42. The van der Waals surface area contributed by atoms with Crippen molar-refractivity contribution in [2.24, 2.45) is 0 Å². The van der Waals surface area contributed by atoms with E-state index in [0.717, 1.165) is 11.3 Å². The fourth-order valence-corrected chi connectivity index (χ4v) is 2.36. The van der Waals surface area contributed by atoms with Crippen molar-refractivity contribution in [2.45, 2.75) is 19.0 Å². The lowest BCUT2D eigenvalue weighted by Gasteiger charge is -2.13. The van der Waals surface area contributed by atoms with Crippen LogP contribution in [-0.4, -0.2) is 22.1 Å². The topological polar surface area (TPSA) is 66.9 Å². The maximum atomic E-state index is 11.3. The molecule has 0 aliphatic rings. The van der Waals surface area contributed by atoms with Crippen molar-refractivity contribution in [3.63, 3.8) is 0 Å². The van der Waals surface area contributed by atoms with Crippen molar-refractivity contribution in [1.29, 1.82) is 0 Å².